The summed E-state index contributed by atoms with van der Waals surface area (Å²) in [5.74, 6) is -0.472. The molecular formula is C25H30N2O5. The van der Waals surface area contributed by atoms with E-state index in [1.54, 1.807) is 24.3 Å². The molecule has 1 fully saturated rings. The van der Waals surface area contributed by atoms with Crippen LogP contribution in [0.2, 0.25) is 0 Å². The molecule has 1 aliphatic heterocycles. The summed E-state index contributed by atoms with van der Waals surface area (Å²) < 4.78 is 10.3. The fourth-order valence-electron chi connectivity index (χ4n) is 3.59. The molecular weight excluding hydrogens is 408 g/mol. The first-order valence-corrected chi connectivity index (χ1v) is 11.1. The first kappa shape index (κ1) is 23.3. The van der Waals surface area contributed by atoms with Gasteiger partial charge in [-0.15, -0.1) is 0 Å². The van der Waals surface area contributed by atoms with Crippen LogP contribution in [0, 0.1) is 0 Å². The number of amides is 1. The number of hydrogen-bond donors (Lipinski definition) is 1. The Morgan fingerprint density at radius 2 is 1.59 bits per heavy atom. The average molecular weight is 439 g/mol. The number of nitrogens with zero attached hydrogens (tertiary/aromatic N) is 1. The maximum atomic E-state index is 12.2. The third kappa shape index (κ3) is 7.11. The molecule has 2 aromatic carbocycles. The van der Waals surface area contributed by atoms with E-state index in [1.165, 1.54) is 19.3 Å². The number of Topliss-reactive ketones (excluding diaryl/α,β-unsaturated/α-hetero) is 1. The molecule has 0 aromatic heterocycles. The van der Waals surface area contributed by atoms with Crippen LogP contribution in [0.3, 0.4) is 0 Å². The number of piperidine rings is 1. The number of carbonyl (C=O) groups excluding carboxylic acids is 3. The third-order valence-corrected chi connectivity index (χ3v) is 5.28. The Morgan fingerprint density at radius 1 is 0.906 bits per heavy atom. The zero-order valence-corrected chi connectivity index (χ0v) is 18.5. The lowest BCUT2D eigenvalue weighted by Crippen LogP contribution is -2.29. The van der Waals surface area contributed by atoms with Crippen LogP contribution in [0.15, 0.2) is 48.5 Å². The van der Waals surface area contributed by atoms with Gasteiger partial charge < -0.3 is 19.7 Å². The molecule has 7 heteroatoms. The van der Waals surface area contributed by atoms with Gasteiger partial charge in [0, 0.05) is 36.4 Å². The molecule has 32 heavy (non-hydrogen) atoms. The first-order chi connectivity index (χ1) is 15.5. The van der Waals surface area contributed by atoms with Gasteiger partial charge in [-0.1, -0.05) is 0 Å². The van der Waals surface area contributed by atoms with E-state index >= 15 is 0 Å². The van der Waals surface area contributed by atoms with Gasteiger partial charge in [0.2, 0.25) is 0 Å². The van der Waals surface area contributed by atoms with E-state index in [2.05, 4.69) is 10.2 Å². The Morgan fingerprint density at radius 3 is 2.25 bits per heavy atom. The smallest absolute Gasteiger partial charge is 0.306 e. The Kier molecular flexibility index (Phi) is 8.66. The Bertz CT molecular complexity index is 903. The molecule has 0 spiro atoms. The number of rotatable bonds is 10. The quantitative estimate of drug-likeness (QED) is 0.442. The second-order valence-corrected chi connectivity index (χ2v) is 7.68. The molecule has 1 saturated heterocycles. The third-order valence-electron chi connectivity index (χ3n) is 5.28. The van der Waals surface area contributed by atoms with Crippen molar-refractivity contribution in [2.75, 3.05) is 36.5 Å². The van der Waals surface area contributed by atoms with Gasteiger partial charge in [-0.3, -0.25) is 14.4 Å². The molecule has 1 aliphatic rings. The lowest BCUT2D eigenvalue weighted by Gasteiger charge is -2.28. The summed E-state index contributed by atoms with van der Waals surface area (Å²) in [5.41, 5.74) is 2.30. The molecule has 0 saturated carbocycles. The average Bonchev–Trinajstić information content (AvgIpc) is 2.83. The number of esters is 1. The number of ketones is 1. The fourth-order valence-corrected chi connectivity index (χ4v) is 3.59. The minimum absolute atomic E-state index is 0.0202. The van der Waals surface area contributed by atoms with Crippen molar-refractivity contribution in [1.29, 1.82) is 0 Å². The Hall–Kier alpha value is -3.35. The first-order valence-electron chi connectivity index (χ1n) is 11.1. The van der Waals surface area contributed by atoms with Crippen molar-refractivity contribution in [2.45, 2.75) is 39.0 Å². The van der Waals surface area contributed by atoms with Crippen molar-refractivity contribution >= 4 is 29.0 Å². The zero-order valence-electron chi connectivity index (χ0n) is 18.5. The fraction of sp³-hybridized carbons (Fsp3) is 0.400. The molecule has 0 unspecified atom stereocenters. The van der Waals surface area contributed by atoms with E-state index in [-0.39, 0.29) is 25.2 Å². The van der Waals surface area contributed by atoms with Crippen molar-refractivity contribution < 1.29 is 23.9 Å². The van der Waals surface area contributed by atoms with Crippen LogP contribution >= 0.6 is 0 Å². The van der Waals surface area contributed by atoms with Crippen molar-refractivity contribution in [3.8, 4) is 5.75 Å². The van der Waals surface area contributed by atoms with Crippen LogP contribution < -0.4 is 15.0 Å². The highest BCUT2D eigenvalue weighted by Crippen LogP contribution is 2.21. The molecule has 3 rings (SSSR count). The highest BCUT2D eigenvalue weighted by Gasteiger charge is 2.13. The van der Waals surface area contributed by atoms with Gasteiger partial charge in [0.1, 0.15) is 5.75 Å². The lowest BCUT2D eigenvalue weighted by molar-refractivity contribution is -0.147. The summed E-state index contributed by atoms with van der Waals surface area (Å²) in [5, 5.41) is 2.72. The molecule has 2 aromatic rings. The lowest BCUT2D eigenvalue weighted by atomic mass is 10.1. The largest absolute Gasteiger partial charge is 0.494 e. The number of benzene rings is 2. The van der Waals surface area contributed by atoms with Gasteiger partial charge in [-0.25, -0.2) is 0 Å². The van der Waals surface area contributed by atoms with Crippen LogP contribution in [-0.2, 0) is 14.3 Å². The number of nitrogens with one attached hydrogen (secondary N) is 1. The van der Waals surface area contributed by atoms with Crippen molar-refractivity contribution in [2.24, 2.45) is 0 Å². The van der Waals surface area contributed by atoms with E-state index < -0.39 is 11.9 Å². The van der Waals surface area contributed by atoms with E-state index in [4.69, 9.17) is 9.47 Å². The highest BCUT2D eigenvalue weighted by molar-refractivity contribution is 5.98. The monoisotopic (exact) mass is 438 g/mol. The SMILES string of the molecule is CCOc1ccc(C(=O)CCC(=O)OCC(=O)Nc2ccc(N3CCCCC3)cc2)cc1. The maximum absolute atomic E-state index is 12.2. The summed E-state index contributed by atoms with van der Waals surface area (Å²) >= 11 is 0. The number of carbonyl (C=O) groups is 3. The van der Waals surface area contributed by atoms with E-state index in [1.807, 2.05) is 31.2 Å². The Labute approximate surface area is 188 Å². The molecule has 0 atom stereocenters. The summed E-state index contributed by atoms with van der Waals surface area (Å²) in [6.45, 7) is 4.17. The zero-order chi connectivity index (χ0) is 22.8. The summed E-state index contributed by atoms with van der Waals surface area (Å²) in [6, 6.07) is 14.4. The van der Waals surface area contributed by atoms with Crippen LogP contribution in [0.1, 0.15) is 49.4 Å². The highest BCUT2D eigenvalue weighted by atomic mass is 16.5. The second-order valence-electron chi connectivity index (χ2n) is 7.68. The number of ether oxygens (including phenoxy) is 2. The van der Waals surface area contributed by atoms with Gasteiger partial charge >= 0.3 is 5.97 Å². The summed E-state index contributed by atoms with van der Waals surface area (Å²) in [6.07, 6.45) is 3.63. The predicted molar refractivity (Wildman–Crippen MR) is 123 cm³/mol. The van der Waals surface area contributed by atoms with Gasteiger partial charge in [-0.2, -0.15) is 0 Å². The van der Waals surface area contributed by atoms with Crippen LogP contribution in [0.25, 0.3) is 0 Å². The molecule has 170 valence electrons. The molecule has 1 amide bonds. The Balaban J connectivity index is 1.37. The molecule has 0 radical (unpaired) electrons. The number of anilines is 2. The minimum atomic E-state index is -0.583. The van der Waals surface area contributed by atoms with Gasteiger partial charge in [-0.05, 0) is 74.7 Å². The molecule has 0 bridgehead atoms. The van der Waals surface area contributed by atoms with Crippen LogP contribution in [-0.4, -0.2) is 44.0 Å². The molecule has 0 aliphatic carbocycles. The van der Waals surface area contributed by atoms with Crippen molar-refractivity contribution in [3.63, 3.8) is 0 Å². The van der Waals surface area contributed by atoms with Crippen LogP contribution in [0.4, 0.5) is 11.4 Å². The van der Waals surface area contributed by atoms with E-state index in [0.29, 0.717) is 23.6 Å². The van der Waals surface area contributed by atoms with Gasteiger partial charge in [0.25, 0.3) is 5.91 Å². The molecule has 7 nitrogen and oxygen atoms in total. The van der Waals surface area contributed by atoms with Crippen molar-refractivity contribution in [3.05, 3.63) is 54.1 Å². The second kappa shape index (κ2) is 11.9. The summed E-state index contributed by atoms with van der Waals surface area (Å²) in [7, 11) is 0. The minimum Gasteiger partial charge on any atom is -0.494 e. The van der Waals surface area contributed by atoms with Crippen LogP contribution in [0.5, 0.6) is 5.75 Å². The van der Waals surface area contributed by atoms with Crippen molar-refractivity contribution in [1.82, 2.24) is 0 Å². The van der Waals surface area contributed by atoms with Gasteiger partial charge in [0.05, 0.1) is 13.0 Å². The molecule has 1 N–H and O–H groups in total. The molecule has 1 heterocycles. The normalized spacial score (nSPS) is 13.3. The topological polar surface area (TPSA) is 84.9 Å². The predicted octanol–water partition coefficient (Wildman–Crippen LogP) is 4.22. The standard InChI is InChI=1S/C25H30N2O5/c1-2-31-22-12-6-19(7-13-22)23(28)14-15-25(30)32-18-24(29)26-20-8-10-21(11-9-20)27-16-4-3-5-17-27/h6-13H,2-5,14-18H2,1H3,(H,26,29). The van der Waals surface area contributed by atoms with Gasteiger partial charge in [0.15, 0.2) is 12.4 Å². The van der Waals surface area contributed by atoms with E-state index in [0.717, 1.165) is 18.8 Å². The maximum Gasteiger partial charge on any atom is 0.306 e. The van der Waals surface area contributed by atoms with E-state index in [9.17, 15) is 14.4 Å². The number of hydrogen-bond acceptors (Lipinski definition) is 6. The summed E-state index contributed by atoms with van der Waals surface area (Å²) in [4.78, 5) is 38.5.